The summed E-state index contributed by atoms with van der Waals surface area (Å²) >= 11 is 1.51. The molecule has 0 spiro atoms. The number of guanidine groups is 1. The van der Waals surface area contributed by atoms with Gasteiger partial charge in [0.05, 0.1) is 13.1 Å². The van der Waals surface area contributed by atoms with Crippen molar-refractivity contribution in [3.63, 3.8) is 0 Å². The Morgan fingerprint density at radius 3 is 2.59 bits per heavy atom. The molecule has 2 heterocycles. The second kappa shape index (κ2) is 11.6. The molecule has 1 unspecified atom stereocenters. The first kappa shape index (κ1) is 25.4. The van der Waals surface area contributed by atoms with Gasteiger partial charge in [-0.2, -0.15) is 24.5 Å². The van der Waals surface area contributed by atoms with Gasteiger partial charge in [0.2, 0.25) is 5.88 Å². The molecule has 29 heavy (non-hydrogen) atoms. The van der Waals surface area contributed by atoms with Crippen LogP contribution in [0.25, 0.3) is 0 Å². The molecule has 0 saturated carbocycles. The third-order valence-electron chi connectivity index (χ3n) is 3.69. The molecule has 0 saturated heterocycles. The molecule has 0 amide bonds. The van der Waals surface area contributed by atoms with Crippen LogP contribution in [0.5, 0.6) is 5.88 Å². The summed E-state index contributed by atoms with van der Waals surface area (Å²) in [6.07, 6.45) is -2.98. The van der Waals surface area contributed by atoms with Crippen LogP contribution in [-0.4, -0.2) is 41.9 Å². The Hall–Kier alpha value is -1.60. The van der Waals surface area contributed by atoms with E-state index in [4.69, 9.17) is 0 Å². The van der Waals surface area contributed by atoms with Gasteiger partial charge in [0.1, 0.15) is 5.60 Å². The third-order valence-corrected chi connectivity index (χ3v) is 4.37. The number of thiophene rings is 1. The Balaban J connectivity index is 0.00000420. The summed E-state index contributed by atoms with van der Waals surface area (Å²) < 4.78 is 41.0. The number of hydrogen-bond donors (Lipinski definition) is 3. The highest BCUT2D eigenvalue weighted by Gasteiger charge is 2.28. The van der Waals surface area contributed by atoms with Gasteiger partial charge in [-0.1, -0.05) is 6.07 Å². The number of halogens is 4. The third kappa shape index (κ3) is 9.17. The van der Waals surface area contributed by atoms with E-state index in [1.807, 2.05) is 23.8 Å². The first-order valence-corrected chi connectivity index (χ1v) is 9.55. The smallest absolute Gasteiger partial charge is 0.422 e. The Labute approximate surface area is 188 Å². The van der Waals surface area contributed by atoms with Crippen molar-refractivity contribution >= 4 is 41.3 Å². The Bertz CT molecular complexity index is 753. The van der Waals surface area contributed by atoms with Gasteiger partial charge in [0, 0.05) is 18.8 Å². The molecule has 2 aromatic rings. The van der Waals surface area contributed by atoms with Gasteiger partial charge < -0.3 is 20.5 Å². The Morgan fingerprint density at radius 1 is 1.28 bits per heavy atom. The van der Waals surface area contributed by atoms with Crippen molar-refractivity contribution in [2.75, 3.05) is 19.7 Å². The summed E-state index contributed by atoms with van der Waals surface area (Å²) in [5.41, 5.74) is 0.482. The molecule has 0 aromatic carbocycles. The molecule has 1 atom stereocenters. The maximum absolute atomic E-state index is 12.1. The number of aromatic nitrogens is 1. The highest BCUT2D eigenvalue weighted by molar-refractivity contribution is 14.0. The van der Waals surface area contributed by atoms with E-state index in [-0.39, 0.29) is 42.9 Å². The molecule has 0 bridgehead atoms. The zero-order valence-electron chi connectivity index (χ0n) is 16.0. The van der Waals surface area contributed by atoms with E-state index in [9.17, 15) is 18.3 Å². The number of ether oxygens (including phenoxy) is 1. The lowest BCUT2D eigenvalue weighted by Crippen LogP contribution is -2.44. The molecular weight excluding hydrogens is 520 g/mol. The fourth-order valence-electron chi connectivity index (χ4n) is 2.19. The highest BCUT2D eigenvalue weighted by Crippen LogP contribution is 2.22. The second-order valence-electron chi connectivity index (χ2n) is 6.24. The van der Waals surface area contributed by atoms with Gasteiger partial charge in [0.25, 0.3) is 0 Å². The van der Waals surface area contributed by atoms with Crippen molar-refractivity contribution in [2.45, 2.75) is 32.2 Å². The van der Waals surface area contributed by atoms with Crippen LogP contribution in [0.3, 0.4) is 0 Å². The molecule has 6 nitrogen and oxygen atoms in total. The van der Waals surface area contributed by atoms with E-state index >= 15 is 0 Å². The zero-order chi connectivity index (χ0) is 20.6. The van der Waals surface area contributed by atoms with Crippen LogP contribution in [0.15, 0.2) is 40.1 Å². The van der Waals surface area contributed by atoms with Crippen molar-refractivity contribution in [1.29, 1.82) is 0 Å². The molecule has 2 aromatic heterocycles. The monoisotopic (exact) mass is 544 g/mol. The maximum Gasteiger partial charge on any atom is 0.422 e. The minimum absolute atomic E-state index is 0. The summed E-state index contributed by atoms with van der Waals surface area (Å²) in [6, 6.07) is 4.84. The summed E-state index contributed by atoms with van der Waals surface area (Å²) in [6.45, 7) is 3.42. The number of hydrogen-bond acceptors (Lipinski definition) is 5. The number of aliphatic hydroxyl groups is 1. The van der Waals surface area contributed by atoms with E-state index < -0.39 is 18.4 Å². The normalized spacial score (nSPS) is 13.9. The standard InChI is InChI=1S/C18H23F3N4O2S.HI/c1-3-22-16(25-11-17(2,26)14-6-7-28-10-14)24-9-13-4-5-15(23-8-13)27-12-18(19,20)21;/h4-8,10,26H,3,9,11-12H2,1-2H3,(H2,22,24,25);1H. The quantitative estimate of drug-likeness (QED) is 0.269. The predicted octanol–water partition coefficient (Wildman–Crippen LogP) is 3.67. The fourth-order valence-corrected chi connectivity index (χ4v) is 2.97. The molecule has 162 valence electrons. The first-order valence-electron chi connectivity index (χ1n) is 8.61. The first-order chi connectivity index (χ1) is 13.2. The van der Waals surface area contributed by atoms with Gasteiger partial charge in [-0.3, -0.25) is 0 Å². The van der Waals surface area contributed by atoms with Crippen LogP contribution in [0, 0.1) is 0 Å². The van der Waals surface area contributed by atoms with Crippen LogP contribution in [0.4, 0.5) is 13.2 Å². The predicted molar refractivity (Wildman–Crippen MR) is 118 cm³/mol. The van der Waals surface area contributed by atoms with Crippen LogP contribution in [-0.2, 0) is 12.1 Å². The molecule has 0 aliphatic carbocycles. The van der Waals surface area contributed by atoms with Crippen molar-refractivity contribution in [3.8, 4) is 5.88 Å². The summed E-state index contributed by atoms with van der Waals surface area (Å²) in [5.74, 6) is 0.414. The SMILES string of the molecule is CCNC(=NCc1ccc(OCC(F)(F)F)nc1)NCC(C)(O)c1ccsc1.I. The Morgan fingerprint density at radius 2 is 2.03 bits per heavy atom. The molecule has 2 rings (SSSR count). The van der Waals surface area contributed by atoms with Crippen molar-refractivity contribution in [3.05, 3.63) is 46.3 Å². The summed E-state index contributed by atoms with van der Waals surface area (Å²) in [7, 11) is 0. The van der Waals surface area contributed by atoms with Crippen LogP contribution in [0.2, 0.25) is 0 Å². The van der Waals surface area contributed by atoms with Gasteiger partial charge in [-0.05, 0) is 41.8 Å². The van der Waals surface area contributed by atoms with Crippen molar-refractivity contribution in [1.82, 2.24) is 15.6 Å². The van der Waals surface area contributed by atoms with Gasteiger partial charge in [-0.15, -0.1) is 24.0 Å². The number of aliphatic imine (C=N–C) groups is 1. The summed E-state index contributed by atoms with van der Waals surface area (Å²) in [5, 5.41) is 20.5. The molecule has 3 N–H and O–H groups in total. The highest BCUT2D eigenvalue weighted by atomic mass is 127. The fraction of sp³-hybridized carbons (Fsp3) is 0.444. The number of pyridine rings is 1. The van der Waals surface area contributed by atoms with Crippen molar-refractivity contribution < 1.29 is 23.0 Å². The minimum Gasteiger partial charge on any atom is -0.468 e. The van der Waals surface area contributed by atoms with Crippen LogP contribution in [0.1, 0.15) is 25.0 Å². The molecule has 0 radical (unpaired) electrons. The molecular formula is C18H24F3IN4O2S. The number of nitrogens with zero attached hydrogens (tertiary/aromatic N) is 2. The largest absolute Gasteiger partial charge is 0.468 e. The average Bonchev–Trinajstić information content (AvgIpc) is 3.18. The van der Waals surface area contributed by atoms with Crippen molar-refractivity contribution in [2.24, 2.45) is 4.99 Å². The lowest BCUT2D eigenvalue weighted by Gasteiger charge is -2.24. The maximum atomic E-state index is 12.1. The van der Waals surface area contributed by atoms with Crippen LogP contribution >= 0.6 is 35.3 Å². The van der Waals surface area contributed by atoms with Gasteiger partial charge in [0.15, 0.2) is 12.6 Å². The number of nitrogens with one attached hydrogen (secondary N) is 2. The number of rotatable bonds is 8. The van der Waals surface area contributed by atoms with Crippen LogP contribution < -0.4 is 15.4 Å². The second-order valence-corrected chi connectivity index (χ2v) is 7.02. The average molecular weight is 544 g/mol. The van der Waals surface area contributed by atoms with Gasteiger partial charge >= 0.3 is 6.18 Å². The lowest BCUT2D eigenvalue weighted by molar-refractivity contribution is -0.154. The van der Waals surface area contributed by atoms with E-state index in [1.54, 1.807) is 13.0 Å². The van der Waals surface area contributed by atoms with E-state index in [0.29, 0.717) is 18.1 Å². The zero-order valence-corrected chi connectivity index (χ0v) is 19.1. The van der Waals surface area contributed by atoms with Gasteiger partial charge in [-0.25, -0.2) is 9.98 Å². The Kier molecular flexibility index (Phi) is 10.1. The summed E-state index contributed by atoms with van der Waals surface area (Å²) in [4.78, 5) is 8.26. The molecule has 0 aliphatic rings. The minimum atomic E-state index is -4.40. The molecule has 0 aliphatic heterocycles. The molecule has 0 fully saturated rings. The molecule has 11 heteroatoms. The van der Waals surface area contributed by atoms with E-state index in [2.05, 4.69) is 25.3 Å². The topological polar surface area (TPSA) is 78.8 Å². The van der Waals surface area contributed by atoms with E-state index in [1.165, 1.54) is 23.6 Å². The number of alkyl halides is 3. The van der Waals surface area contributed by atoms with E-state index in [0.717, 1.165) is 5.56 Å². The lowest BCUT2D eigenvalue weighted by atomic mass is 9.99.